The van der Waals surface area contributed by atoms with Crippen molar-refractivity contribution in [2.75, 3.05) is 32.7 Å². The molecule has 1 heterocycles. The van der Waals surface area contributed by atoms with Crippen molar-refractivity contribution < 1.29 is 15.1 Å². The van der Waals surface area contributed by atoms with E-state index >= 15 is 0 Å². The molecular formula is C13H17ClN4O3. The molecule has 1 aromatic rings. The maximum Gasteiger partial charge on any atom is 0.255 e. The van der Waals surface area contributed by atoms with Crippen LogP contribution in [0.5, 0.6) is 5.75 Å². The predicted octanol–water partition coefficient (Wildman–Crippen LogP) is 0.550. The lowest BCUT2D eigenvalue weighted by atomic mass is 10.1. The lowest BCUT2D eigenvalue weighted by Gasteiger charge is -2.34. The second kappa shape index (κ2) is 6.64. The summed E-state index contributed by atoms with van der Waals surface area (Å²) in [6.07, 6.45) is 0. The first-order valence-electron chi connectivity index (χ1n) is 6.48. The molecule has 2 rings (SSSR count). The summed E-state index contributed by atoms with van der Waals surface area (Å²) in [5, 5.41) is 21.3. The molecule has 0 aromatic heterocycles. The fraction of sp³-hybridized carbons (Fsp3) is 0.385. The minimum absolute atomic E-state index is 0.00770. The van der Waals surface area contributed by atoms with Crippen LogP contribution in [0.15, 0.2) is 23.4 Å². The van der Waals surface area contributed by atoms with Gasteiger partial charge in [0.1, 0.15) is 5.75 Å². The summed E-state index contributed by atoms with van der Waals surface area (Å²) >= 11 is 6.00. The minimum atomic E-state index is -0.209. The molecule has 1 amide bonds. The van der Waals surface area contributed by atoms with Gasteiger partial charge in [0.15, 0.2) is 5.84 Å². The van der Waals surface area contributed by atoms with Crippen LogP contribution in [0, 0.1) is 0 Å². The minimum Gasteiger partial charge on any atom is -0.508 e. The number of nitrogens with two attached hydrogens (primary N) is 1. The Hall–Kier alpha value is -1.99. The van der Waals surface area contributed by atoms with Gasteiger partial charge in [-0.05, 0) is 18.2 Å². The first-order valence-corrected chi connectivity index (χ1v) is 6.85. The number of hydrogen-bond donors (Lipinski definition) is 3. The number of carbonyl (C=O) groups excluding carboxylic acids is 1. The lowest BCUT2D eigenvalue weighted by molar-refractivity contribution is 0.0653. The largest absolute Gasteiger partial charge is 0.508 e. The Morgan fingerprint density at radius 1 is 1.33 bits per heavy atom. The third kappa shape index (κ3) is 3.77. The number of amidine groups is 1. The molecule has 4 N–H and O–H groups in total. The smallest absolute Gasteiger partial charge is 0.255 e. The number of halogens is 1. The molecule has 7 nitrogen and oxygen atoms in total. The number of aromatic hydroxyl groups is 1. The van der Waals surface area contributed by atoms with Gasteiger partial charge in [-0.25, -0.2) is 0 Å². The van der Waals surface area contributed by atoms with Crippen LogP contribution >= 0.6 is 11.6 Å². The van der Waals surface area contributed by atoms with Crippen LogP contribution in [0.3, 0.4) is 0 Å². The topological polar surface area (TPSA) is 102 Å². The molecular weight excluding hydrogens is 296 g/mol. The van der Waals surface area contributed by atoms with Crippen molar-refractivity contribution in [3.63, 3.8) is 0 Å². The van der Waals surface area contributed by atoms with Gasteiger partial charge in [-0.1, -0.05) is 16.8 Å². The molecule has 1 saturated heterocycles. The molecule has 1 fully saturated rings. The van der Waals surface area contributed by atoms with Crippen LogP contribution in [0.25, 0.3) is 0 Å². The molecule has 0 unspecified atom stereocenters. The van der Waals surface area contributed by atoms with Crippen molar-refractivity contribution in [3.8, 4) is 5.75 Å². The molecule has 0 bridgehead atoms. The van der Waals surface area contributed by atoms with E-state index in [9.17, 15) is 9.90 Å². The van der Waals surface area contributed by atoms with E-state index in [-0.39, 0.29) is 17.5 Å². The summed E-state index contributed by atoms with van der Waals surface area (Å²) in [5.74, 6) is -0.0570. The Balaban J connectivity index is 1.99. The second-order valence-electron chi connectivity index (χ2n) is 4.82. The summed E-state index contributed by atoms with van der Waals surface area (Å²) in [4.78, 5) is 16.0. The monoisotopic (exact) mass is 312 g/mol. The van der Waals surface area contributed by atoms with E-state index in [0.29, 0.717) is 43.3 Å². The Morgan fingerprint density at radius 2 is 2.00 bits per heavy atom. The Kier molecular flexibility index (Phi) is 4.87. The fourth-order valence-electron chi connectivity index (χ4n) is 2.22. The van der Waals surface area contributed by atoms with E-state index in [2.05, 4.69) is 5.16 Å². The van der Waals surface area contributed by atoms with Crippen molar-refractivity contribution >= 4 is 23.3 Å². The average molecular weight is 313 g/mol. The summed E-state index contributed by atoms with van der Waals surface area (Å²) in [5.41, 5.74) is 5.75. The van der Waals surface area contributed by atoms with E-state index < -0.39 is 0 Å². The van der Waals surface area contributed by atoms with Crippen LogP contribution in [0.4, 0.5) is 0 Å². The molecule has 0 atom stereocenters. The number of carbonyl (C=O) groups is 1. The number of piperazine rings is 1. The van der Waals surface area contributed by atoms with Crippen molar-refractivity contribution in [1.82, 2.24) is 9.80 Å². The fourth-order valence-corrected chi connectivity index (χ4v) is 2.42. The number of rotatable bonds is 3. The molecule has 0 aliphatic carbocycles. The average Bonchev–Trinajstić information content (AvgIpc) is 2.49. The molecule has 21 heavy (non-hydrogen) atoms. The highest BCUT2D eigenvalue weighted by atomic mass is 35.5. The molecule has 1 aliphatic heterocycles. The number of benzene rings is 1. The number of phenolic OH excluding ortho intramolecular Hbond substituents is 1. The van der Waals surface area contributed by atoms with Crippen molar-refractivity contribution in [2.24, 2.45) is 10.9 Å². The standard InChI is InChI=1S/C13H17ClN4O3/c14-11-2-1-9(19)7-10(11)13(20)18-5-3-17(4-6-18)8-12(15)16-21/h1-2,7,19,21H,3-6,8H2,(H2,15,16). The maximum atomic E-state index is 12.4. The molecule has 0 radical (unpaired) electrons. The summed E-state index contributed by atoms with van der Waals surface area (Å²) in [6, 6.07) is 4.31. The lowest BCUT2D eigenvalue weighted by Crippen LogP contribution is -2.50. The molecule has 8 heteroatoms. The van der Waals surface area contributed by atoms with E-state index in [1.807, 2.05) is 4.90 Å². The number of oxime groups is 1. The van der Waals surface area contributed by atoms with Gasteiger partial charge in [0.25, 0.3) is 5.91 Å². The van der Waals surface area contributed by atoms with Gasteiger partial charge in [0.05, 0.1) is 17.1 Å². The molecule has 0 saturated carbocycles. The van der Waals surface area contributed by atoms with Gasteiger partial charge in [-0.3, -0.25) is 9.69 Å². The van der Waals surface area contributed by atoms with E-state index in [0.717, 1.165) is 0 Å². The van der Waals surface area contributed by atoms with Gasteiger partial charge in [0, 0.05) is 26.2 Å². The normalized spacial score (nSPS) is 17.0. The van der Waals surface area contributed by atoms with E-state index in [1.165, 1.54) is 18.2 Å². The van der Waals surface area contributed by atoms with Crippen LogP contribution in [0.1, 0.15) is 10.4 Å². The first-order chi connectivity index (χ1) is 10.0. The summed E-state index contributed by atoms with van der Waals surface area (Å²) in [7, 11) is 0. The highest BCUT2D eigenvalue weighted by Gasteiger charge is 2.24. The van der Waals surface area contributed by atoms with E-state index in [4.69, 9.17) is 22.5 Å². The molecule has 114 valence electrons. The molecule has 1 aromatic carbocycles. The van der Waals surface area contributed by atoms with Gasteiger partial charge in [-0.15, -0.1) is 0 Å². The van der Waals surface area contributed by atoms with Crippen LogP contribution in [-0.2, 0) is 0 Å². The Labute approximate surface area is 127 Å². The Bertz CT molecular complexity index is 556. The first kappa shape index (κ1) is 15.4. The summed E-state index contributed by atoms with van der Waals surface area (Å²) in [6.45, 7) is 2.65. The van der Waals surface area contributed by atoms with E-state index in [1.54, 1.807) is 4.90 Å². The second-order valence-corrected chi connectivity index (χ2v) is 5.23. The van der Waals surface area contributed by atoms with Gasteiger partial charge < -0.3 is 20.9 Å². The third-order valence-corrected chi connectivity index (χ3v) is 3.68. The zero-order valence-electron chi connectivity index (χ0n) is 11.4. The number of phenols is 1. The zero-order valence-corrected chi connectivity index (χ0v) is 12.1. The van der Waals surface area contributed by atoms with Gasteiger partial charge >= 0.3 is 0 Å². The van der Waals surface area contributed by atoms with Crippen LogP contribution < -0.4 is 5.73 Å². The Morgan fingerprint density at radius 3 is 2.62 bits per heavy atom. The third-order valence-electron chi connectivity index (χ3n) is 3.35. The molecule has 1 aliphatic rings. The van der Waals surface area contributed by atoms with Crippen molar-refractivity contribution in [2.45, 2.75) is 0 Å². The molecule has 0 spiro atoms. The summed E-state index contributed by atoms with van der Waals surface area (Å²) < 4.78 is 0. The van der Waals surface area contributed by atoms with Gasteiger partial charge in [0.2, 0.25) is 0 Å². The maximum absolute atomic E-state index is 12.4. The zero-order chi connectivity index (χ0) is 15.4. The highest BCUT2D eigenvalue weighted by Crippen LogP contribution is 2.23. The number of hydrogen-bond acceptors (Lipinski definition) is 5. The number of nitrogens with zero attached hydrogens (tertiary/aromatic N) is 3. The van der Waals surface area contributed by atoms with Crippen LogP contribution in [-0.4, -0.2) is 64.6 Å². The highest BCUT2D eigenvalue weighted by molar-refractivity contribution is 6.33. The van der Waals surface area contributed by atoms with Gasteiger partial charge in [-0.2, -0.15) is 0 Å². The number of amides is 1. The quantitative estimate of drug-likeness (QED) is 0.327. The van der Waals surface area contributed by atoms with Crippen molar-refractivity contribution in [3.05, 3.63) is 28.8 Å². The van der Waals surface area contributed by atoms with Crippen molar-refractivity contribution in [1.29, 1.82) is 0 Å². The predicted molar refractivity (Wildman–Crippen MR) is 78.9 cm³/mol. The van der Waals surface area contributed by atoms with Crippen LogP contribution in [0.2, 0.25) is 5.02 Å². The SMILES string of the molecule is N/C(CN1CCN(C(=O)c2cc(O)ccc2Cl)CC1)=N/O.